The quantitative estimate of drug-likeness (QED) is 0.798. The van der Waals surface area contributed by atoms with E-state index in [4.69, 9.17) is 10.5 Å². The van der Waals surface area contributed by atoms with Crippen LogP contribution in [0.5, 0.6) is 5.75 Å². The maximum atomic E-state index is 5.91. The molecule has 0 aliphatic carbocycles. The molecule has 0 saturated heterocycles. The number of fused-ring (bicyclic) bond motifs is 1. The van der Waals surface area contributed by atoms with Crippen LogP contribution in [0.15, 0.2) is 35.7 Å². The number of benzene rings is 1. The van der Waals surface area contributed by atoms with Gasteiger partial charge in [0.1, 0.15) is 23.0 Å². The summed E-state index contributed by atoms with van der Waals surface area (Å²) in [5.74, 6) is 1.93. The first-order valence-corrected chi connectivity index (χ1v) is 7.35. The second kappa shape index (κ2) is 5.46. The van der Waals surface area contributed by atoms with E-state index in [0.29, 0.717) is 18.2 Å². The predicted octanol–water partition coefficient (Wildman–Crippen LogP) is 3.41. The Bertz CT molecular complexity index is 722. The molecule has 3 aromatic rings. The summed E-state index contributed by atoms with van der Waals surface area (Å²) < 4.78 is 5.70. The molecule has 0 saturated carbocycles. The fourth-order valence-electron chi connectivity index (χ4n) is 1.96. The van der Waals surface area contributed by atoms with Gasteiger partial charge in [-0.15, -0.1) is 11.3 Å². The van der Waals surface area contributed by atoms with Crippen LogP contribution in [0.25, 0.3) is 10.2 Å². The highest BCUT2D eigenvalue weighted by atomic mass is 32.1. The van der Waals surface area contributed by atoms with Crippen LogP contribution in [0.4, 0.5) is 5.82 Å². The van der Waals surface area contributed by atoms with Gasteiger partial charge in [-0.2, -0.15) is 0 Å². The average molecular weight is 285 g/mol. The maximum absolute atomic E-state index is 5.91. The van der Waals surface area contributed by atoms with Crippen LogP contribution in [0.1, 0.15) is 18.3 Å². The monoisotopic (exact) mass is 285 g/mol. The number of thiophene rings is 1. The summed E-state index contributed by atoms with van der Waals surface area (Å²) in [5.41, 5.74) is 7.20. The first-order valence-electron chi connectivity index (χ1n) is 6.47. The molecule has 102 valence electrons. The smallest absolute Gasteiger partial charge is 0.169 e. The summed E-state index contributed by atoms with van der Waals surface area (Å²) in [5, 5.41) is 2.87. The Labute approximate surface area is 121 Å². The Hall–Kier alpha value is -2.14. The highest BCUT2D eigenvalue weighted by molar-refractivity contribution is 7.16. The minimum atomic E-state index is 0.323. The van der Waals surface area contributed by atoms with E-state index < -0.39 is 0 Å². The Kier molecular flexibility index (Phi) is 3.52. The normalized spacial score (nSPS) is 10.8. The Morgan fingerprint density at radius 1 is 1.15 bits per heavy atom. The third-order valence-corrected chi connectivity index (χ3v) is 3.91. The van der Waals surface area contributed by atoms with Crippen LogP contribution >= 0.6 is 11.3 Å². The predicted molar refractivity (Wildman–Crippen MR) is 82.0 cm³/mol. The van der Waals surface area contributed by atoms with Crippen molar-refractivity contribution in [1.29, 1.82) is 0 Å². The third-order valence-electron chi connectivity index (χ3n) is 3.10. The number of hydrogen-bond acceptors (Lipinski definition) is 5. The molecule has 0 atom stereocenters. The van der Waals surface area contributed by atoms with Gasteiger partial charge in [0.15, 0.2) is 5.82 Å². The molecule has 20 heavy (non-hydrogen) atoms. The summed E-state index contributed by atoms with van der Waals surface area (Å²) >= 11 is 1.56. The van der Waals surface area contributed by atoms with E-state index in [-0.39, 0.29) is 0 Å². The van der Waals surface area contributed by atoms with Crippen molar-refractivity contribution in [3.8, 4) is 5.75 Å². The van der Waals surface area contributed by atoms with Crippen LogP contribution in [-0.4, -0.2) is 9.97 Å². The van der Waals surface area contributed by atoms with E-state index >= 15 is 0 Å². The number of anilines is 1. The first kappa shape index (κ1) is 12.9. The minimum absolute atomic E-state index is 0.323. The number of nitrogens with two attached hydrogens (primary N) is 1. The molecular weight excluding hydrogens is 270 g/mol. The number of hydrogen-bond donors (Lipinski definition) is 1. The van der Waals surface area contributed by atoms with E-state index in [9.17, 15) is 0 Å². The standard InChI is InChI=1S/C15H15N3OS/c1-2-10-3-5-11(6-4-10)19-9-13-17-14(16)12-7-8-20-15(12)18-13/h3-8H,2,9H2,1H3,(H2,16,17,18). The van der Waals surface area contributed by atoms with Gasteiger partial charge in [-0.05, 0) is 35.6 Å². The molecule has 4 nitrogen and oxygen atoms in total. The van der Waals surface area contributed by atoms with Crippen LogP contribution in [0, 0.1) is 0 Å². The highest BCUT2D eigenvalue weighted by Crippen LogP contribution is 2.23. The van der Waals surface area contributed by atoms with E-state index in [2.05, 4.69) is 29.0 Å². The molecule has 0 unspecified atom stereocenters. The van der Waals surface area contributed by atoms with Gasteiger partial charge in [0.25, 0.3) is 0 Å². The van der Waals surface area contributed by atoms with Crippen molar-refractivity contribution in [3.05, 3.63) is 47.1 Å². The number of nitrogens with zero attached hydrogens (tertiary/aromatic N) is 2. The molecule has 0 spiro atoms. The maximum Gasteiger partial charge on any atom is 0.169 e. The molecule has 0 fully saturated rings. The topological polar surface area (TPSA) is 61.0 Å². The van der Waals surface area contributed by atoms with Crippen LogP contribution < -0.4 is 10.5 Å². The van der Waals surface area contributed by atoms with Crippen molar-refractivity contribution in [2.75, 3.05) is 5.73 Å². The summed E-state index contributed by atoms with van der Waals surface area (Å²) in [6.45, 7) is 2.45. The Balaban J connectivity index is 1.75. The van der Waals surface area contributed by atoms with Crippen molar-refractivity contribution in [3.63, 3.8) is 0 Å². The highest BCUT2D eigenvalue weighted by Gasteiger charge is 2.06. The molecule has 0 aliphatic rings. The zero-order valence-corrected chi connectivity index (χ0v) is 12.0. The van der Waals surface area contributed by atoms with Gasteiger partial charge >= 0.3 is 0 Å². The van der Waals surface area contributed by atoms with E-state index in [0.717, 1.165) is 22.4 Å². The summed E-state index contributed by atoms with van der Waals surface area (Å²) in [7, 11) is 0. The fraction of sp³-hybridized carbons (Fsp3) is 0.200. The third kappa shape index (κ3) is 2.58. The number of nitrogen functional groups attached to an aromatic ring is 1. The van der Waals surface area contributed by atoms with Crippen molar-refractivity contribution in [1.82, 2.24) is 9.97 Å². The molecule has 0 aliphatic heterocycles. The second-order valence-corrected chi connectivity index (χ2v) is 5.35. The van der Waals surface area contributed by atoms with E-state index in [1.54, 1.807) is 11.3 Å². The lowest BCUT2D eigenvalue weighted by Crippen LogP contribution is -2.04. The van der Waals surface area contributed by atoms with Crippen molar-refractivity contribution in [2.45, 2.75) is 20.0 Å². The summed E-state index contributed by atoms with van der Waals surface area (Å²) in [4.78, 5) is 9.62. The number of ether oxygens (including phenoxy) is 1. The lowest BCUT2D eigenvalue weighted by atomic mass is 10.2. The number of aryl methyl sites for hydroxylation is 1. The molecule has 1 aromatic carbocycles. The van der Waals surface area contributed by atoms with Gasteiger partial charge in [0.05, 0.1) is 5.39 Å². The minimum Gasteiger partial charge on any atom is -0.486 e. The number of aromatic nitrogens is 2. The van der Waals surface area contributed by atoms with Crippen LogP contribution in [-0.2, 0) is 13.0 Å². The number of rotatable bonds is 4. The van der Waals surface area contributed by atoms with Crippen molar-refractivity contribution >= 4 is 27.4 Å². The largest absolute Gasteiger partial charge is 0.486 e. The molecule has 2 heterocycles. The SMILES string of the molecule is CCc1ccc(OCc2nc(N)c3ccsc3n2)cc1. The van der Waals surface area contributed by atoms with Crippen LogP contribution in [0.3, 0.4) is 0 Å². The fourth-order valence-corrected chi connectivity index (χ4v) is 2.75. The first-order chi connectivity index (χ1) is 9.76. The van der Waals surface area contributed by atoms with E-state index in [1.165, 1.54) is 5.56 Å². The Morgan fingerprint density at radius 2 is 1.95 bits per heavy atom. The Morgan fingerprint density at radius 3 is 2.70 bits per heavy atom. The molecule has 0 amide bonds. The molecule has 2 aromatic heterocycles. The molecule has 0 radical (unpaired) electrons. The lowest BCUT2D eigenvalue weighted by molar-refractivity contribution is 0.296. The molecule has 5 heteroatoms. The van der Waals surface area contributed by atoms with Gasteiger partial charge in [0, 0.05) is 0 Å². The summed E-state index contributed by atoms with van der Waals surface area (Å²) in [6.07, 6.45) is 1.02. The van der Waals surface area contributed by atoms with E-state index in [1.807, 2.05) is 23.6 Å². The molecule has 3 rings (SSSR count). The summed E-state index contributed by atoms with van der Waals surface area (Å²) in [6, 6.07) is 9.99. The zero-order valence-electron chi connectivity index (χ0n) is 11.2. The molecule has 0 bridgehead atoms. The lowest BCUT2D eigenvalue weighted by Gasteiger charge is -2.06. The van der Waals surface area contributed by atoms with Gasteiger partial charge in [-0.3, -0.25) is 0 Å². The van der Waals surface area contributed by atoms with Gasteiger partial charge in [-0.25, -0.2) is 9.97 Å². The van der Waals surface area contributed by atoms with Crippen LogP contribution in [0.2, 0.25) is 0 Å². The van der Waals surface area contributed by atoms with Gasteiger partial charge < -0.3 is 10.5 Å². The van der Waals surface area contributed by atoms with Crippen molar-refractivity contribution < 1.29 is 4.74 Å². The average Bonchev–Trinajstić information content (AvgIpc) is 2.94. The molecule has 2 N–H and O–H groups in total. The van der Waals surface area contributed by atoms with Gasteiger partial charge in [0.2, 0.25) is 0 Å². The van der Waals surface area contributed by atoms with Crippen molar-refractivity contribution in [2.24, 2.45) is 0 Å². The second-order valence-electron chi connectivity index (χ2n) is 4.45. The molecular formula is C15H15N3OS. The van der Waals surface area contributed by atoms with Gasteiger partial charge in [-0.1, -0.05) is 19.1 Å². The zero-order chi connectivity index (χ0) is 13.9.